The molecule has 0 fully saturated rings. The van der Waals surface area contributed by atoms with E-state index in [9.17, 15) is 9.59 Å². The van der Waals surface area contributed by atoms with Gasteiger partial charge in [-0.05, 0) is 45.3 Å². The number of aromatic nitrogens is 2. The number of amides is 2. The summed E-state index contributed by atoms with van der Waals surface area (Å²) in [6.45, 7) is 2.16. The lowest BCUT2D eigenvalue weighted by atomic mass is 9.95. The lowest BCUT2D eigenvalue weighted by Gasteiger charge is -2.12. The van der Waals surface area contributed by atoms with Gasteiger partial charge < -0.3 is 30.3 Å². The van der Waals surface area contributed by atoms with Crippen LogP contribution in [0.3, 0.4) is 0 Å². The van der Waals surface area contributed by atoms with Crippen molar-refractivity contribution < 1.29 is 19.1 Å². The van der Waals surface area contributed by atoms with E-state index in [1.54, 1.807) is 30.1 Å². The van der Waals surface area contributed by atoms with Gasteiger partial charge in [-0.3, -0.25) is 9.59 Å². The number of nitrogens with zero attached hydrogens (tertiary/aromatic N) is 3. The van der Waals surface area contributed by atoms with Gasteiger partial charge in [0, 0.05) is 36.1 Å². The zero-order chi connectivity index (χ0) is 24.9. The number of anilines is 3. The number of carbonyl (C=O) groups excluding carboxylic acids is 2. The van der Waals surface area contributed by atoms with Crippen molar-refractivity contribution >= 4 is 29.0 Å². The highest BCUT2D eigenvalue weighted by atomic mass is 16.5. The Hall–Kier alpha value is -4.18. The molecule has 35 heavy (non-hydrogen) atoms. The van der Waals surface area contributed by atoms with Gasteiger partial charge in [-0.2, -0.15) is 0 Å². The van der Waals surface area contributed by atoms with E-state index < -0.39 is 0 Å². The van der Waals surface area contributed by atoms with E-state index in [2.05, 4.69) is 25.9 Å². The van der Waals surface area contributed by atoms with Crippen LogP contribution in [0.1, 0.15) is 18.4 Å². The Morgan fingerprint density at radius 1 is 1.09 bits per heavy atom. The first-order valence-electron chi connectivity index (χ1n) is 11.2. The standard InChI is InChI=1S/C25H28N6O4/c1-15-24(25(33)26-2)19-9-8-18(11-20(19)34-15)35-23-12-21(27-14-28-23)29-16-6-5-7-17(10-16)30-22(32)13-31(3)4/h5-12,14-15,24H,13H2,1-4H3,(H,26,33)(H,30,32)(H,27,28,29). The molecule has 2 aromatic carbocycles. The summed E-state index contributed by atoms with van der Waals surface area (Å²) >= 11 is 0. The normalized spacial score (nSPS) is 16.3. The van der Waals surface area contributed by atoms with Gasteiger partial charge in [-0.1, -0.05) is 12.1 Å². The molecule has 1 aliphatic heterocycles. The molecule has 3 N–H and O–H groups in total. The number of fused-ring (bicyclic) bond motifs is 1. The van der Waals surface area contributed by atoms with Crippen LogP contribution in [0.15, 0.2) is 54.9 Å². The number of ether oxygens (including phenoxy) is 2. The van der Waals surface area contributed by atoms with Gasteiger partial charge in [0.15, 0.2) is 0 Å². The first-order valence-corrected chi connectivity index (χ1v) is 11.2. The third kappa shape index (κ3) is 5.85. The summed E-state index contributed by atoms with van der Waals surface area (Å²) in [5, 5.41) is 8.74. The molecule has 10 heteroatoms. The molecular formula is C25H28N6O4. The Kier molecular flexibility index (Phi) is 7.11. The van der Waals surface area contributed by atoms with Crippen LogP contribution in [0.25, 0.3) is 0 Å². The Morgan fingerprint density at radius 2 is 1.89 bits per heavy atom. The predicted molar refractivity (Wildman–Crippen MR) is 132 cm³/mol. The minimum atomic E-state index is -0.359. The molecule has 0 bridgehead atoms. The number of hydrogen-bond acceptors (Lipinski definition) is 8. The second-order valence-electron chi connectivity index (χ2n) is 8.45. The summed E-state index contributed by atoms with van der Waals surface area (Å²) in [5.41, 5.74) is 2.25. The van der Waals surface area contributed by atoms with E-state index in [0.29, 0.717) is 35.4 Å². The molecule has 182 valence electrons. The summed E-state index contributed by atoms with van der Waals surface area (Å²) in [6, 6.07) is 14.4. The van der Waals surface area contributed by atoms with Crippen molar-refractivity contribution in [2.24, 2.45) is 0 Å². The second-order valence-corrected chi connectivity index (χ2v) is 8.45. The smallest absolute Gasteiger partial charge is 0.238 e. The second kappa shape index (κ2) is 10.4. The maximum Gasteiger partial charge on any atom is 0.238 e. The molecule has 2 heterocycles. The first kappa shape index (κ1) is 24.0. The molecule has 4 rings (SSSR count). The van der Waals surface area contributed by atoms with Crippen molar-refractivity contribution in [3.63, 3.8) is 0 Å². The Morgan fingerprint density at radius 3 is 2.66 bits per heavy atom. The van der Waals surface area contributed by atoms with Gasteiger partial charge in [0.2, 0.25) is 17.7 Å². The number of carbonyl (C=O) groups is 2. The average molecular weight is 477 g/mol. The molecule has 3 aromatic rings. The number of nitrogens with one attached hydrogen (secondary N) is 3. The molecule has 2 unspecified atom stereocenters. The molecule has 0 saturated carbocycles. The molecule has 10 nitrogen and oxygen atoms in total. The van der Waals surface area contributed by atoms with Gasteiger partial charge in [-0.25, -0.2) is 9.97 Å². The van der Waals surface area contributed by atoms with E-state index in [4.69, 9.17) is 9.47 Å². The molecule has 0 spiro atoms. The highest BCUT2D eigenvalue weighted by Gasteiger charge is 2.36. The SMILES string of the molecule is CNC(=O)C1c2ccc(Oc3cc(Nc4cccc(NC(=O)CN(C)C)c4)ncn3)cc2OC1C. The van der Waals surface area contributed by atoms with E-state index in [0.717, 1.165) is 11.3 Å². The van der Waals surface area contributed by atoms with Crippen LogP contribution >= 0.6 is 0 Å². The number of benzene rings is 2. The fraction of sp³-hybridized carbons (Fsp3) is 0.280. The van der Waals surface area contributed by atoms with Gasteiger partial charge >= 0.3 is 0 Å². The first-order chi connectivity index (χ1) is 16.8. The summed E-state index contributed by atoms with van der Waals surface area (Å²) in [7, 11) is 5.29. The maximum atomic E-state index is 12.2. The summed E-state index contributed by atoms with van der Waals surface area (Å²) in [6.07, 6.45) is 1.13. The quantitative estimate of drug-likeness (QED) is 0.454. The zero-order valence-electron chi connectivity index (χ0n) is 20.0. The van der Waals surface area contributed by atoms with E-state index in [1.807, 2.05) is 51.4 Å². The van der Waals surface area contributed by atoms with Crippen LogP contribution < -0.4 is 25.4 Å². The van der Waals surface area contributed by atoms with Gasteiger partial charge in [0.05, 0.1) is 6.54 Å². The van der Waals surface area contributed by atoms with Crippen LogP contribution in [0.5, 0.6) is 17.4 Å². The summed E-state index contributed by atoms with van der Waals surface area (Å²) < 4.78 is 11.8. The molecule has 0 aliphatic carbocycles. The third-order valence-corrected chi connectivity index (χ3v) is 5.37. The topological polar surface area (TPSA) is 118 Å². The van der Waals surface area contributed by atoms with Crippen molar-refractivity contribution in [1.29, 1.82) is 0 Å². The Bertz CT molecular complexity index is 1230. The molecule has 2 amide bonds. The van der Waals surface area contributed by atoms with Gasteiger partial charge in [-0.15, -0.1) is 0 Å². The van der Waals surface area contributed by atoms with Crippen molar-refractivity contribution in [3.05, 3.63) is 60.4 Å². The van der Waals surface area contributed by atoms with Gasteiger partial charge in [0.1, 0.15) is 35.7 Å². The molecule has 2 atom stereocenters. The molecule has 1 aromatic heterocycles. The molecular weight excluding hydrogens is 448 g/mol. The van der Waals surface area contributed by atoms with Crippen molar-refractivity contribution in [3.8, 4) is 17.4 Å². The van der Waals surface area contributed by atoms with Crippen molar-refractivity contribution in [1.82, 2.24) is 20.2 Å². The Balaban J connectivity index is 1.44. The average Bonchev–Trinajstić information content (AvgIpc) is 3.13. The van der Waals surface area contributed by atoms with Crippen LogP contribution in [-0.4, -0.2) is 60.5 Å². The number of likely N-dealkylation sites (N-methyl/N-ethyl adjacent to an activating group) is 2. The van der Waals surface area contributed by atoms with Crippen LogP contribution in [-0.2, 0) is 9.59 Å². The highest BCUT2D eigenvalue weighted by Crippen LogP contribution is 2.41. The Labute approximate surface area is 203 Å². The minimum absolute atomic E-state index is 0.0854. The van der Waals surface area contributed by atoms with E-state index >= 15 is 0 Å². The number of hydrogen-bond donors (Lipinski definition) is 3. The summed E-state index contributed by atoms with van der Waals surface area (Å²) in [5.74, 6) is 1.47. The van der Waals surface area contributed by atoms with Crippen LogP contribution in [0.4, 0.5) is 17.2 Å². The number of rotatable bonds is 8. The molecule has 1 aliphatic rings. The molecule has 0 saturated heterocycles. The monoisotopic (exact) mass is 476 g/mol. The highest BCUT2D eigenvalue weighted by molar-refractivity contribution is 5.92. The maximum absolute atomic E-state index is 12.2. The minimum Gasteiger partial charge on any atom is -0.489 e. The zero-order valence-corrected chi connectivity index (χ0v) is 20.0. The summed E-state index contributed by atoms with van der Waals surface area (Å²) in [4.78, 5) is 34.5. The predicted octanol–water partition coefficient (Wildman–Crippen LogP) is 3.12. The van der Waals surface area contributed by atoms with Crippen molar-refractivity contribution in [2.45, 2.75) is 18.9 Å². The third-order valence-electron chi connectivity index (χ3n) is 5.37. The lowest BCUT2D eigenvalue weighted by Crippen LogP contribution is -2.31. The van der Waals surface area contributed by atoms with Crippen molar-refractivity contribution in [2.75, 3.05) is 38.3 Å². The lowest BCUT2D eigenvalue weighted by molar-refractivity contribution is -0.123. The van der Waals surface area contributed by atoms with E-state index in [-0.39, 0.29) is 23.8 Å². The fourth-order valence-corrected chi connectivity index (χ4v) is 3.86. The largest absolute Gasteiger partial charge is 0.489 e. The molecule has 0 radical (unpaired) electrons. The van der Waals surface area contributed by atoms with E-state index in [1.165, 1.54) is 6.33 Å². The fourth-order valence-electron chi connectivity index (χ4n) is 3.86. The van der Waals surface area contributed by atoms with Gasteiger partial charge in [0.25, 0.3) is 0 Å². The van der Waals surface area contributed by atoms with Crippen LogP contribution in [0.2, 0.25) is 0 Å². The van der Waals surface area contributed by atoms with Crippen LogP contribution in [0, 0.1) is 0 Å².